The number of carbonyl (C=O) groups is 1. The third-order valence-electron chi connectivity index (χ3n) is 5.26. The number of amides is 1. The summed E-state index contributed by atoms with van der Waals surface area (Å²) in [5.74, 6) is 0.00463. The highest BCUT2D eigenvalue weighted by molar-refractivity contribution is 5.74. The average Bonchev–Trinajstić information content (AvgIpc) is 3.16. The van der Waals surface area contributed by atoms with E-state index in [0.717, 1.165) is 32.2 Å². The fourth-order valence-corrected chi connectivity index (χ4v) is 3.60. The lowest BCUT2D eigenvalue weighted by Gasteiger charge is -2.22. The maximum atomic E-state index is 9.71. The number of nitrogens with one attached hydrogen (secondary N) is 1. The summed E-state index contributed by atoms with van der Waals surface area (Å²) in [5, 5.41) is 21.5. The van der Waals surface area contributed by atoms with Gasteiger partial charge in [0.2, 0.25) is 5.91 Å². The zero-order valence-corrected chi connectivity index (χ0v) is 19.1. The highest BCUT2D eigenvalue weighted by atomic mass is 16.3. The Bertz CT molecular complexity index is 667. The van der Waals surface area contributed by atoms with Gasteiger partial charge in [-0.1, -0.05) is 56.3 Å². The Labute approximate surface area is 182 Å². The molecule has 30 heavy (non-hydrogen) atoms. The van der Waals surface area contributed by atoms with Crippen molar-refractivity contribution >= 4 is 11.5 Å². The van der Waals surface area contributed by atoms with Gasteiger partial charge in [0.15, 0.2) is 0 Å². The summed E-state index contributed by atoms with van der Waals surface area (Å²) in [4.78, 5) is 11.9. The molecule has 0 spiro atoms. The highest BCUT2D eigenvalue weighted by Gasteiger charge is 2.29. The molecule has 1 amide bonds. The Morgan fingerprint density at radius 2 is 1.87 bits per heavy atom. The molecule has 5 heteroatoms. The molecule has 1 aromatic rings. The molecule has 5 nitrogen and oxygen atoms in total. The first-order valence-electron chi connectivity index (χ1n) is 11.2. The number of hydrogen-bond donors (Lipinski definition) is 3. The fourth-order valence-electron chi connectivity index (χ4n) is 3.60. The van der Waals surface area contributed by atoms with Crippen molar-refractivity contribution in [2.45, 2.75) is 65.0 Å². The minimum Gasteiger partial charge on any atom is -0.395 e. The molecule has 1 aromatic carbocycles. The van der Waals surface area contributed by atoms with Gasteiger partial charge in [-0.25, -0.2) is 0 Å². The molecule has 1 aliphatic carbocycles. The van der Waals surface area contributed by atoms with E-state index in [-0.39, 0.29) is 24.7 Å². The lowest BCUT2D eigenvalue weighted by molar-refractivity contribution is -0.118. The van der Waals surface area contributed by atoms with Gasteiger partial charge in [-0.2, -0.15) is 0 Å². The lowest BCUT2D eigenvalue weighted by atomic mass is 9.98. The van der Waals surface area contributed by atoms with Crippen molar-refractivity contribution in [3.8, 4) is 0 Å². The Hall–Kier alpha value is -1.95. The number of benzene rings is 1. The molecule has 3 N–H and O–H groups in total. The minimum atomic E-state index is -0.275. The van der Waals surface area contributed by atoms with Gasteiger partial charge in [0.05, 0.1) is 12.7 Å². The van der Waals surface area contributed by atoms with Gasteiger partial charge in [-0.3, -0.25) is 9.69 Å². The van der Waals surface area contributed by atoms with E-state index in [1.165, 1.54) is 23.6 Å². The van der Waals surface area contributed by atoms with Crippen LogP contribution in [0.4, 0.5) is 0 Å². The number of aliphatic hydroxyl groups excluding tert-OH is 2. The second kappa shape index (κ2) is 14.9. The van der Waals surface area contributed by atoms with E-state index in [0.29, 0.717) is 13.0 Å². The molecule has 1 aliphatic heterocycles. The first-order valence-corrected chi connectivity index (χ1v) is 11.2. The summed E-state index contributed by atoms with van der Waals surface area (Å²) in [5.41, 5.74) is 3.99. The summed E-state index contributed by atoms with van der Waals surface area (Å²) in [6.45, 7) is 7.26. The van der Waals surface area contributed by atoms with Gasteiger partial charge in [0.25, 0.3) is 0 Å². The van der Waals surface area contributed by atoms with Crippen molar-refractivity contribution in [1.29, 1.82) is 0 Å². The van der Waals surface area contributed by atoms with Crippen LogP contribution in [0, 0.1) is 0 Å². The van der Waals surface area contributed by atoms with Gasteiger partial charge < -0.3 is 15.5 Å². The van der Waals surface area contributed by atoms with Gasteiger partial charge in [0.1, 0.15) is 0 Å². The summed E-state index contributed by atoms with van der Waals surface area (Å²) < 4.78 is 0. The highest BCUT2D eigenvalue weighted by Crippen LogP contribution is 2.22. The SMILES string of the molecule is CC.CNC(C)=O.OCC1CC(O)CN1CCCc1ccc(C2=CCCC=C2)cc1. The molecule has 2 unspecified atom stereocenters. The monoisotopic (exact) mass is 416 g/mol. The molecule has 1 fully saturated rings. The Balaban J connectivity index is 0.000000565. The van der Waals surface area contributed by atoms with E-state index in [1.54, 1.807) is 7.05 Å². The third-order valence-corrected chi connectivity index (χ3v) is 5.26. The van der Waals surface area contributed by atoms with Crippen molar-refractivity contribution in [3.63, 3.8) is 0 Å². The lowest BCUT2D eigenvalue weighted by Crippen LogP contribution is -2.33. The largest absolute Gasteiger partial charge is 0.395 e. The van der Waals surface area contributed by atoms with E-state index in [2.05, 4.69) is 52.7 Å². The number of hydrogen-bond acceptors (Lipinski definition) is 4. The van der Waals surface area contributed by atoms with Crippen molar-refractivity contribution in [3.05, 3.63) is 53.6 Å². The van der Waals surface area contributed by atoms with Crippen molar-refractivity contribution in [2.75, 3.05) is 26.7 Å². The Morgan fingerprint density at radius 1 is 1.20 bits per heavy atom. The van der Waals surface area contributed by atoms with E-state index in [1.807, 2.05) is 13.8 Å². The van der Waals surface area contributed by atoms with Crippen LogP contribution in [0.15, 0.2) is 42.5 Å². The van der Waals surface area contributed by atoms with Crippen LogP contribution in [0.1, 0.15) is 57.6 Å². The van der Waals surface area contributed by atoms with Gasteiger partial charge in [0, 0.05) is 26.6 Å². The second-order valence-electron chi connectivity index (χ2n) is 7.47. The van der Waals surface area contributed by atoms with E-state index >= 15 is 0 Å². The zero-order chi connectivity index (χ0) is 22.4. The Morgan fingerprint density at radius 3 is 2.40 bits per heavy atom. The van der Waals surface area contributed by atoms with Gasteiger partial charge in [-0.15, -0.1) is 0 Å². The first-order chi connectivity index (χ1) is 14.5. The summed E-state index contributed by atoms with van der Waals surface area (Å²) in [6.07, 6.45) is 11.6. The van der Waals surface area contributed by atoms with E-state index in [4.69, 9.17) is 0 Å². The van der Waals surface area contributed by atoms with Crippen LogP contribution in [-0.4, -0.2) is 59.9 Å². The molecule has 0 radical (unpaired) electrons. The quantitative estimate of drug-likeness (QED) is 0.663. The molecular weight excluding hydrogens is 376 g/mol. The van der Waals surface area contributed by atoms with Crippen LogP contribution >= 0.6 is 0 Å². The molecule has 0 saturated carbocycles. The molecule has 2 aliphatic rings. The maximum absolute atomic E-state index is 9.71. The number of rotatable bonds is 6. The molecule has 3 rings (SSSR count). The minimum absolute atomic E-state index is 0.00463. The predicted molar refractivity (Wildman–Crippen MR) is 125 cm³/mol. The number of aryl methyl sites for hydroxylation is 1. The number of aliphatic hydroxyl groups is 2. The maximum Gasteiger partial charge on any atom is 0.216 e. The molecule has 0 bridgehead atoms. The van der Waals surface area contributed by atoms with Crippen LogP contribution in [0.5, 0.6) is 0 Å². The number of likely N-dealkylation sites (tertiary alicyclic amines) is 1. The smallest absolute Gasteiger partial charge is 0.216 e. The molecule has 1 heterocycles. The summed E-state index contributed by atoms with van der Waals surface area (Å²) >= 11 is 0. The van der Waals surface area contributed by atoms with Gasteiger partial charge in [-0.05, 0) is 55.3 Å². The fraction of sp³-hybridized carbons (Fsp3) is 0.560. The van der Waals surface area contributed by atoms with Crippen molar-refractivity contribution in [2.24, 2.45) is 0 Å². The third kappa shape index (κ3) is 9.24. The van der Waals surface area contributed by atoms with E-state index in [9.17, 15) is 15.0 Å². The van der Waals surface area contributed by atoms with E-state index < -0.39 is 0 Å². The predicted octanol–water partition coefficient (Wildman–Crippen LogP) is 3.56. The second-order valence-corrected chi connectivity index (χ2v) is 7.47. The van der Waals surface area contributed by atoms with Crippen LogP contribution < -0.4 is 5.32 Å². The summed E-state index contributed by atoms with van der Waals surface area (Å²) in [7, 11) is 1.60. The molecular formula is C25H40N2O3. The topological polar surface area (TPSA) is 72.8 Å². The normalized spacial score (nSPS) is 20.4. The summed E-state index contributed by atoms with van der Waals surface area (Å²) in [6, 6.07) is 9.01. The van der Waals surface area contributed by atoms with Crippen molar-refractivity contribution in [1.82, 2.24) is 10.2 Å². The first kappa shape index (κ1) is 26.1. The number of allylic oxidation sites excluding steroid dienone is 4. The number of carbonyl (C=O) groups excluding carboxylic acids is 1. The van der Waals surface area contributed by atoms with Crippen LogP contribution in [0.3, 0.4) is 0 Å². The molecule has 168 valence electrons. The number of β-amino-alcohol motifs (C(OH)–C–C–N with tert-alkyl or cyclic N) is 1. The Kier molecular flexibility index (Phi) is 13.0. The van der Waals surface area contributed by atoms with Crippen LogP contribution in [0.2, 0.25) is 0 Å². The molecule has 1 saturated heterocycles. The average molecular weight is 417 g/mol. The number of nitrogens with zero attached hydrogens (tertiary/aromatic N) is 1. The standard InChI is InChI=1S/C20H27NO2.C3H7NO.C2H6/c22-15-19-13-20(23)14-21(19)12-4-5-16-8-10-18(11-9-16)17-6-2-1-3-7-17;1-3(5)4-2;1-2/h2,6-11,19-20,22-23H,1,3-5,12-15H2;1-2H3,(H,4,5);1-2H3. The van der Waals surface area contributed by atoms with Crippen LogP contribution in [-0.2, 0) is 11.2 Å². The molecule has 2 atom stereocenters. The molecule has 0 aromatic heterocycles. The van der Waals surface area contributed by atoms with Crippen LogP contribution in [0.25, 0.3) is 5.57 Å². The zero-order valence-electron chi connectivity index (χ0n) is 19.1. The van der Waals surface area contributed by atoms with Crippen molar-refractivity contribution < 1.29 is 15.0 Å². The van der Waals surface area contributed by atoms with Gasteiger partial charge >= 0.3 is 0 Å².